The quantitative estimate of drug-likeness (QED) is 0.811. The molecule has 0 bridgehead atoms. The minimum absolute atomic E-state index is 0.198. The van der Waals surface area contributed by atoms with E-state index in [9.17, 15) is 4.39 Å². The highest BCUT2D eigenvalue weighted by molar-refractivity contribution is 6.31. The lowest BCUT2D eigenvalue weighted by Gasteiger charge is -2.24. The third-order valence-corrected chi connectivity index (χ3v) is 3.52. The summed E-state index contributed by atoms with van der Waals surface area (Å²) in [6.45, 7) is 1.93. The molecule has 4 heteroatoms. The zero-order valence-electron chi connectivity index (χ0n) is 8.97. The van der Waals surface area contributed by atoms with E-state index in [1.54, 1.807) is 12.1 Å². The molecule has 0 unspecified atom stereocenters. The van der Waals surface area contributed by atoms with Crippen LogP contribution in [0.2, 0.25) is 5.02 Å². The smallest absolute Gasteiger partial charge is 0.144 e. The first-order chi connectivity index (χ1) is 7.75. The summed E-state index contributed by atoms with van der Waals surface area (Å²) in [5, 5.41) is 3.51. The molecule has 1 heterocycles. The van der Waals surface area contributed by atoms with Gasteiger partial charge < -0.3 is 10.2 Å². The van der Waals surface area contributed by atoms with E-state index in [0.717, 1.165) is 30.9 Å². The van der Waals surface area contributed by atoms with Crippen molar-refractivity contribution in [3.63, 3.8) is 0 Å². The van der Waals surface area contributed by atoms with E-state index >= 15 is 0 Å². The third-order valence-electron chi connectivity index (χ3n) is 3.23. The molecule has 1 aliphatic carbocycles. The Morgan fingerprint density at radius 3 is 2.94 bits per heavy atom. The molecule has 1 aromatic rings. The van der Waals surface area contributed by atoms with Gasteiger partial charge in [-0.05, 0) is 25.3 Å². The summed E-state index contributed by atoms with van der Waals surface area (Å²) in [6.07, 6.45) is 3.54. The number of hydrogen-bond donors (Lipinski definition) is 1. The molecule has 16 heavy (non-hydrogen) atoms. The van der Waals surface area contributed by atoms with E-state index in [-0.39, 0.29) is 10.8 Å². The van der Waals surface area contributed by atoms with Gasteiger partial charge in [0.15, 0.2) is 0 Å². The van der Waals surface area contributed by atoms with Gasteiger partial charge in [-0.15, -0.1) is 0 Å². The zero-order chi connectivity index (χ0) is 11.1. The molecule has 1 aliphatic heterocycles. The summed E-state index contributed by atoms with van der Waals surface area (Å²) < 4.78 is 13.5. The summed E-state index contributed by atoms with van der Waals surface area (Å²) in [5.41, 5.74) is 1.94. The third kappa shape index (κ3) is 1.73. The average molecular weight is 241 g/mol. The van der Waals surface area contributed by atoms with Gasteiger partial charge in [0.2, 0.25) is 0 Å². The summed E-state index contributed by atoms with van der Waals surface area (Å²) in [4.78, 5) is 2.31. The van der Waals surface area contributed by atoms with Crippen LogP contribution in [0.5, 0.6) is 0 Å². The maximum atomic E-state index is 13.5. The van der Waals surface area contributed by atoms with Crippen LogP contribution in [0.15, 0.2) is 12.1 Å². The molecule has 0 amide bonds. The Kier molecular flexibility index (Phi) is 2.43. The maximum Gasteiger partial charge on any atom is 0.144 e. The number of nitrogens with one attached hydrogen (secondary N) is 1. The van der Waals surface area contributed by atoms with Crippen LogP contribution in [-0.4, -0.2) is 19.1 Å². The molecule has 1 aromatic carbocycles. The lowest BCUT2D eigenvalue weighted by Crippen LogP contribution is -2.26. The van der Waals surface area contributed by atoms with Crippen LogP contribution in [0.1, 0.15) is 19.3 Å². The fourth-order valence-electron chi connectivity index (χ4n) is 2.27. The number of hydrogen-bond acceptors (Lipinski definition) is 2. The minimum atomic E-state index is -0.324. The molecule has 3 rings (SSSR count). The van der Waals surface area contributed by atoms with Gasteiger partial charge in [-0.3, -0.25) is 0 Å². The van der Waals surface area contributed by atoms with Crippen LogP contribution in [0.25, 0.3) is 0 Å². The summed E-state index contributed by atoms with van der Waals surface area (Å²) in [6, 6.07) is 3.88. The van der Waals surface area contributed by atoms with E-state index < -0.39 is 0 Å². The molecule has 0 saturated heterocycles. The summed E-state index contributed by atoms with van der Waals surface area (Å²) >= 11 is 5.81. The van der Waals surface area contributed by atoms with Gasteiger partial charge in [-0.25, -0.2) is 4.39 Å². The summed E-state index contributed by atoms with van der Waals surface area (Å²) in [7, 11) is 0. The largest absolute Gasteiger partial charge is 0.383 e. The van der Waals surface area contributed by atoms with Crippen LogP contribution < -0.4 is 10.2 Å². The molecule has 86 valence electrons. The molecule has 1 N–H and O–H groups in total. The Bertz CT molecular complexity index is 418. The van der Waals surface area contributed by atoms with E-state index in [4.69, 9.17) is 11.6 Å². The maximum absolute atomic E-state index is 13.5. The molecular weight excluding hydrogens is 227 g/mol. The fraction of sp³-hybridized carbons (Fsp3) is 0.500. The van der Waals surface area contributed by atoms with Crippen molar-refractivity contribution in [3.8, 4) is 0 Å². The van der Waals surface area contributed by atoms with Crippen molar-refractivity contribution < 1.29 is 4.39 Å². The number of anilines is 2. The average Bonchev–Trinajstić information content (AvgIpc) is 3.05. The van der Waals surface area contributed by atoms with E-state index in [1.165, 1.54) is 12.8 Å². The van der Waals surface area contributed by atoms with Gasteiger partial charge in [0, 0.05) is 25.2 Å². The first kappa shape index (κ1) is 10.2. The number of rotatable bonds is 1. The zero-order valence-corrected chi connectivity index (χ0v) is 9.73. The van der Waals surface area contributed by atoms with Gasteiger partial charge in [0.25, 0.3) is 0 Å². The minimum Gasteiger partial charge on any atom is -0.383 e. The number of halogens is 2. The molecule has 0 aromatic heterocycles. The number of nitrogens with zero attached hydrogens (tertiary/aromatic N) is 1. The number of fused-ring (bicyclic) bond motifs is 1. The lowest BCUT2D eigenvalue weighted by atomic mass is 10.2. The highest BCUT2D eigenvalue weighted by atomic mass is 35.5. The second-order valence-electron chi connectivity index (χ2n) is 4.49. The lowest BCUT2D eigenvalue weighted by molar-refractivity contribution is 0.627. The van der Waals surface area contributed by atoms with Crippen LogP contribution in [0, 0.1) is 5.82 Å². The van der Waals surface area contributed by atoms with Crippen LogP contribution >= 0.6 is 11.6 Å². The highest BCUT2D eigenvalue weighted by Gasteiger charge is 2.31. The van der Waals surface area contributed by atoms with Crippen molar-refractivity contribution in [3.05, 3.63) is 23.0 Å². The molecule has 1 fully saturated rings. The van der Waals surface area contributed by atoms with Gasteiger partial charge in [0.05, 0.1) is 16.4 Å². The predicted octanol–water partition coefficient (Wildman–Crippen LogP) is 3.26. The van der Waals surface area contributed by atoms with Crippen molar-refractivity contribution in [2.75, 3.05) is 23.3 Å². The second-order valence-corrected chi connectivity index (χ2v) is 4.90. The van der Waals surface area contributed by atoms with Crippen molar-refractivity contribution in [1.82, 2.24) is 0 Å². The van der Waals surface area contributed by atoms with Crippen molar-refractivity contribution in [2.24, 2.45) is 0 Å². The first-order valence-corrected chi connectivity index (χ1v) is 6.13. The van der Waals surface area contributed by atoms with E-state index in [2.05, 4.69) is 10.2 Å². The molecule has 2 aliphatic rings. The Labute approximate surface area is 99.4 Å². The van der Waals surface area contributed by atoms with Gasteiger partial charge in [-0.2, -0.15) is 0 Å². The Morgan fingerprint density at radius 2 is 2.19 bits per heavy atom. The monoisotopic (exact) mass is 240 g/mol. The normalized spacial score (nSPS) is 20.0. The Hall–Kier alpha value is -0.960. The van der Waals surface area contributed by atoms with Crippen molar-refractivity contribution in [2.45, 2.75) is 25.3 Å². The Morgan fingerprint density at radius 1 is 1.38 bits per heavy atom. The van der Waals surface area contributed by atoms with Crippen LogP contribution in [-0.2, 0) is 0 Å². The van der Waals surface area contributed by atoms with Gasteiger partial charge in [0.1, 0.15) is 5.82 Å². The van der Waals surface area contributed by atoms with Crippen LogP contribution in [0.3, 0.4) is 0 Å². The van der Waals surface area contributed by atoms with Gasteiger partial charge >= 0.3 is 0 Å². The Balaban J connectivity index is 2.05. The topological polar surface area (TPSA) is 15.3 Å². The van der Waals surface area contributed by atoms with Crippen molar-refractivity contribution >= 4 is 23.0 Å². The molecular formula is C12H14ClFN2. The molecule has 0 radical (unpaired) electrons. The van der Waals surface area contributed by atoms with Crippen molar-refractivity contribution in [1.29, 1.82) is 0 Å². The van der Waals surface area contributed by atoms with E-state index in [0.29, 0.717) is 6.04 Å². The highest BCUT2D eigenvalue weighted by Crippen LogP contribution is 2.39. The number of benzene rings is 1. The SMILES string of the molecule is Fc1cc2c(cc1Cl)NCCCN2C1CC1. The van der Waals surface area contributed by atoms with E-state index in [1.807, 2.05) is 0 Å². The predicted molar refractivity (Wildman–Crippen MR) is 64.9 cm³/mol. The molecule has 0 atom stereocenters. The molecule has 1 saturated carbocycles. The van der Waals surface area contributed by atoms with Gasteiger partial charge in [-0.1, -0.05) is 11.6 Å². The summed E-state index contributed by atoms with van der Waals surface area (Å²) in [5.74, 6) is -0.324. The standard InChI is InChI=1S/C12H14ClFN2/c13-9-6-11-12(7-10(9)14)16(8-2-3-8)5-1-4-15-11/h6-8,15H,1-5H2. The first-order valence-electron chi connectivity index (χ1n) is 5.75. The molecule has 0 spiro atoms. The molecule has 2 nitrogen and oxygen atoms in total. The van der Waals surface area contributed by atoms with Crippen LogP contribution in [0.4, 0.5) is 15.8 Å². The second kappa shape index (κ2) is 3.81. The fourth-order valence-corrected chi connectivity index (χ4v) is 2.44.